The molecule has 176 valence electrons. The SMILES string of the molecule is Cc1cc2c(c(=O)[nH]1)CNC(=O)c1cccc(OC3CCC(N(C)C)CC3)c1C/C=C\CC2. The maximum atomic E-state index is 13.2. The zero-order chi connectivity index (χ0) is 23.4. The van der Waals surface area contributed by atoms with Crippen LogP contribution >= 0.6 is 0 Å². The number of carbonyl (C=O) groups excluding carboxylic acids is 1. The molecule has 1 aliphatic heterocycles. The van der Waals surface area contributed by atoms with Crippen LogP contribution in [0.15, 0.2) is 41.2 Å². The molecule has 0 atom stereocenters. The highest BCUT2D eigenvalue weighted by molar-refractivity contribution is 5.96. The minimum Gasteiger partial charge on any atom is -0.490 e. The minimum atomic E-state index is -0.174. The van der Waals surface area contributed by atoms with E-state index in [-0.39, 0.29) is 24.1 Å². The van der Waals surface area contributed by atoms with E-state index in [4.69, 9.17) is 4.74 Å². The highest BCUT2D eigenvalue weighted by atomic mass is 16.5. The van der Waals surface area contributed by atoms with E-state index in [1.165, 1.54) is 0 Å². The highest BCUT2D eigenvalue weighted by Gasteiger charge is 2.25. The van der Waals surface area contributed by atoms with Gasteiger partial charge in [0.1, 0.15) is 5.75 Å². The van der Waals surface area contributed by atoms with Gasteiger partial charge in [-0.05, 0) is 89.7 Å². The number of aryl methyl sites for hydroxylation is 2. The number of hydrogen-bond acceptors (Lipinski definition) is 4. The van der Waals surface area contributed by atoms with Crippen molar-refractivity contribution in [1.82, 2.24) is 15.2 Å². The number of allylic oxidation sites excluding steroid dienone is 2. The van der Waals surface area contributed by atoms with Gasteiger partial charge in [-0.15, -0.1) is 0 Å². The summed E-state index contributed by atoms with van der Waals surface area (Å²) in [5.74, 6) is 0.623. The van der Waals surface area contributed by atoms with E-state index < -0.39 is 0 Å². The molecule has 33 heavy (non-hydrogen) atoms. The highest BCUT2D eigenvalue weighted by Crippen LogP contribution is 2.30. The van der Waals surface area contributed by atoms with Gasteiger partial charge in [0.2, 0.25) is 0 Å². The number of aromatic amines is 1. The summed E-state index contributed by atoms with van der Waals surface area (Å²) in [5, 5.41) is 2.98. The number of pyridine rings is 1. The van der Waals surface area contributed by atoms with E-state index in [2.05, 4.69) is 41.4 Å². The lowest BCUT2D eigenvalue weighted by atomic mass is 9.92. The first-order chi connectivity index (χ1) is 15.9. The van der Waals surface area contributed by atoms with Gasteiger partial charge in [0, 0.05) is 35.0 Å². The Balaban J connectivity index is 1.57. The van der Waals surface area contributed by atoms with Gasteiger partial charge in [-0.1, -0.05) is 18.2 Å². The average molecular weight is 450 g/mol. The van der Waals surface area contributed by atoms with Crippen molar-refractivity contribution in [1.29, 1.82) is 0 Å². The van der Waals surface area contributed by atoms with Crippen LogP contribution in [0.4, 0.5) is 0 Å². The molecule has 1 amide bonds. The molecule has 1 saturated carbocycles. The number of hydrogen-bond donors (Lipinski definition) is 2. The number of carbonyl (C=O) groups is 1. The number of nitrogens with zero attached hydrogens (tertiary/aromatic N) is 1. The fraction of sp³-hybridized carbons (Fsp3) is 0.481. The molecule has 1 aliphatic carbocycles. The fourth-order valence-electron chi connectivity index (χ4n) is 4.98. The van der Waals surface area contributed by atoms with Crippen LogP contribution < -0.4 is 15.6 Å². The summed E-state index contributed by atoms with van der Waals surface area (Å²) in [6, 6.07) is 8.34. The quantitative estimate of drug-likeness (QED) is 0.697. The first-order valence-corrected chi connectivity index (χ1v) is 12.0. The maximum Gasteiger partial charge on any atom is 0.253 e. The molecule has 0 radical (unpaired) electrons. The van der Waals surface area contributed by atoms with E-state index in [9.17, 15) is 9.59 Å². The topological polar surface area (TPSA) is 74.4 Å². The number of aromatic nitrogens is 1. The lowest BCUT2D eigenvalue weighted by molar-refractivity contribution is 0.0945. The Morgan fingerprint density at radius 1 is 1.03 bits per heavy atom. The summed E-state index contributed by atoms with van der Waals surface area (Å²) in [5.41, 5.74) is 3.87. The minimum absolute atomic E-state index is 0.128. The first-order valence-electron chi connectivity index (χ1n) is 12.0. The molecular formula is C27H35N3O3. The molecule has 0 bridgehead atoms. The molecule has 1 fully saturated rings. The fourth-order valence-corrected chi connectivity index (χ4v) is 4.98. The Morgan fingerprint density at radius 2 is 1.82 bits per heavy atom. The number of H-pyrrole nitrogens is 1. The number of ether oxygens (including phenoxy) is 1. The van der Waals surface area contributed by atoms with Crippen LogP contribution in [0.2, 0.25) is 0 Å². The molecule has 2 heterocycles. The van der Waals surface area contributed by atoms with Gasteiger partial charge in [-0.3, -0.25) is 9.59 Å². The molecular weight excluding hydrogens is 414 g/mol. The summed E-state index contributed by atoms with van der Waals surface area (Å²) in [6.07, 6.45) is 11.0. The van der Waals surface area contributed by atoms with Crippen molar-refractivity contribution < 1.29 is 9.53 Å². The standard InChI is InChI=1S/C27H35N3O3/c1-18-16-19-8-5-4-6-9-22-23(26(31)28-17-24(19)27(32)29-18)10-7-11-25(22)33-21-14-12-20(13-15-21)30(2)3/h4,6-7,10-11,16,20-21H,5,8-9,12-15,17H2,1-3H3,(H,28,31)(H,29,32)/b6-4-. The lowest BCUT2D eigenvalue weighted by Gasteiger charge is -2.33. The van der Waals surface area contributed by atoms with E-state index in [0.717, 1.165) is 61.1 Å². The molecule has 6 nitrogen and oxygen atoms in total. The summed E-state index contributed by atoms with van der Waals surface area (Å²) >= 11 is 0. The third kappa shape index (κ3) is 5.56. The molecule has 0 unspecified atom stereocenters. The molecule has 2 aromatic rings. The largest absolute Gasteiger partial charge is 0.490 e. The van der Waals surface area contributed by atoms with Crippen LogP contribution in [0.1, 0.15) is 64.8 Å². The summed E-state index contributed by atoms with van der Waals surface area (Å²) in [6.45, 7) is 2.10. The average Bonchev–Trinajstić information content (AvgIpc) is 2.78. The number of nitrogens with one attached hydrogen (secondary N) is 2. The number of rotatable bonds is 3. The molecule has 0 saturated heterocycles. The molecule has 1 aromatic heterocycles. The van der Waals surface area contributed by atoms with Crippen LogP contribution in [0.5, 0.6) is 5.75 Å². The second-order valence-electron chi connectivity index (χ2n) is 9.48. The zero-order valence-electron chi connectivity index (χ0n) is 19.9. The third-order valence-corrected chi connectivity index (χ3v) is 6.90. The predicted molar refractivity (Wildman–Crippen MR) is 131 cm³/mol. The van der Waals surface area contributed by atoms with Gasteiger partial charge in [0.15, 0.2) is 0 Å². The normalized spacial score (nSPS) is 22.4. The Hall–Kier alpha value is -2.86. The summed E-state index contributed by atoms with van der Waals surface area (Å²) in [7, 11) is 4.28. The van der Waals surface area contributed by atoms with Crippen LogP contribution in [0, 0.1) is 6.92 Å². The van der Waals surface area contributed by atoms with E-state index in [1.54, 1.807) is 0 Å². The molecule has 1 aromatic carbocycles. The monoisotopic (exact) mass is 449 g/mol. The van der Waals surface area contributed by atoms with Crippen LogP contribution in [-0.4, -0.2) is 42.0 Å². The molecule has 4 rings (SSSR count). The van der Waals surface area contributed by atoms with Crippen molar-refractivity contribution in [3.8, 4) is 5.75 Å². The Labute approximate surface area is 196 Å². The van der Waals surface area contributed by atoms with Crippen molar-refractivity contribution >= 4 is 5.91 Å². The third-order valence-electron chi connectivity index (χ3n) is 6.90. The first kappa shape index (κ1) is 23.3. The van der Waals surface area contributed by atoms with Crippen LogP contribution in [-0.2, 0) is 19.4 Å². The van der Waals surface area contributed by atoms with Gasteiger partial charge in [-0.2, -0.15) is 0 Å². The van der Waals surface area contributed by atoms with Crippen LogP contribution in [0.3, 0.4) is 0 Å². The maximum absolute atomic E-state index is 13.2. The smallest absolute Gasteiger partial charge is 0.253 e. The van der Waals surface area contributed by atoms with Crippen molar-refractivity contribution in [3.63, 3.8) is 0 Å². The van der Waals surface area contributed by atoms with Gasteiger partial charge in [0.25, 0.3) is 11.5 Å². The van der Waals surface area contributed by atoms with Gasteiger partial charge >= 0.3 is 0 Å². The summed E-state index contributed by atoms with van der Waals surface area (Å²) < 4.78 is 6.46. The Kier molecular flexibility index (Phi) is 7.33. The van der Waals surface area contributed by atoms with Crippen LogP contribution in [0.25, 0.3) is 0 Å². The van der Waals surface area contributed by atoms with Gasteiger partial charge < -0.3 is 19.9 Å². The molecule has 2 aliphatic rings. The zero-order valence-corrected chi connectivity index (χ0v) is 19.9. The van der Waals surface area contributed by atoms with E-state index >= 15 is 0 Å². The predicted octanol–water partition coefficient (Wildman–Crippen LogP) is 3.91. The number of benzene rings is 1. The Bertz CT molecular complexity index is 1080. The number of amides is 1. The second kappa shape index (κ2) is 10.4. The Morgan fingerprint density at radius 3 is 2.58 bits per heavy atom. The number of fused-ring (bicyclic) bond motifs is 2. The van der Waals surface area contributed by atoms with Crippen molar-refractivity contribution in [2.45, 2.75) is 70.6 Å². The van der Waals surface area contributed by atoms with Gasteiger partial charge in [-0.25, -0.2) is 0 Å². The summed E-state index contributed by atoms with van der Waals surface area (Å²) in [4.78, 5) is 30.9. The van der Waals surface area contributed by atoms with Gasteiger partial charge in [0.05, 0.1) is 6.10 Å². The molecule has 2 N–H and O–H groups in total. The molecule has 6 heteroatoms. The van der Waals surface area contributed by atoms with E-state index in [1.807, 2.05) is 31.2 Å². The lowest BCUT2D eigenvalue weighted by Crippen LogP contribution is -2.35. The van der Waals surface area contributed by atoms with Crippen molar-refractivity contribution in [3.05, 3.63) is 74.7 Å². The van der Waals surface area contributed by atoms with Crippen molar-refractivity contribution in [2.75, 3.05) is 14.1 Å². The second-order valence-corrected chi connectivity index (χ2v) is 9.48. The molecule has 0 spiro atoms. The van der Waals surface area contributed by atoms with E-state index in [0.29, 0.717) is 23.6 Å². The van der Waals surface area contributed by atoms with Crippen molar-refractivity contribution in [2.24, 2.45) is 0 Å².